The van der Waals surface area contributed by atoms with Gasteiger partial charge in [-0.05, 0) is 36.4 Å². The minimum Gasteiger partial charge on any atom is -0.493 e. The molecule has 0 atom stereocenters. The summed E-state index contributed by atoms with van der Waals surface area (Å²) in [4.78, 5) is 18.3. The van der Waals surface area contributed by atoms with Crippen LogP contribution < -0.4 is 4.74 Å². The molecule has 0 saturated heterocycles. The van der Waals surface area contributed by atoms with Crippen molar-refractivity contribution in [2.75, 3.05) is 27.0 Å². The molecule has 1 heterocycles. The summed E-state index contributed by atoms with van der Waals surface area (Å²) in [6.45, 7) is 0.378. The van der Waals surface area contributed by atoms with E-state index >= 15 is 0 Å². The smallest absolute Gasteiger partial charge is 0.226 e. The number of benzene rings is 2. The number of allylic oxidation sites excluding steroid dienone is 1. The van der Waals surface area contributed by atoms with Crippen LogP contribution >= 0.6 is 0 Å². The van der Waals surface area contributed by atoms with Gasteiger partial charge in [-0.25, -0.2) is 13.4 Å². The highest BCUT2D eigenvalue weighted by molar-refractivity contribution is 7.95. The predicted molar refractivity (Wildman–Crippen MR) is 119 cm³/mol. The molecule has 0 radical (unpaired) electrons. The predicted octanol–water partition coefficient (Wildman–Crippen LogP) is 3.59. The van der Waals surface area contributed by atoms with Crippen molar-refractivity contribution in [1.29, 1.82) is 0 Å². The molecule has 0 unspecified atom stereocenters. The van der Waals surface area contributed by atoms with Gasteiger partial charge in [-0.1, -0.05) is 18.2 Å². The topological polar surface area (TPSA) is 89.7 Å². The van der Waals surface area contributed by atoms with Crippen LogP contribution in [-0.2, 0) is 16.3 Å². The first kappa shape index (κ1) is 22.3. The molecule has 1 aromatic heterocycles. The molecule has 0 aliphatic carbocycles. The number of oxazole rings is 1. The molecule has 2 aromatic carbocycles. The van der Waals surface area contributed by atoms with E-state index in [2.05, 4.69) is 4.98 Å². The van der Waals surface area contributed by atoms with Crippen LogP contribution in [0.3, 0.4) is 0 Å². The van der Waals surface area contributed by atoms with Gasteiger partial charge in [0.25, 0.3) is 0 Å². The third kappa shape index (κ3) is 6.05. The number of hydrogen-bond donors (Lipinski definition) is 0. The molecule has 0 N–H and O–H groups in total. The van der Waals surface area contributed by atoms with Crippen molar-refractivity contribution in [2.45, 2.75) is 6.42 Å². The van der Waals surface area contributed by atoms with Crippen LogP contribution in [0.15, 0.2) is 76.4 Å². The molecule has 0 spiro atoms. The van der Waals surface area contributed by atoms with Crippen molar-refractivity contribution < 1.29 is 22.4 Å². The van der Waals surface area contributed by atoms with E-state index in [0.29, 0.717) is 24.7 Å². The molecular weight excluding hydrogens is 416 g/mol. The summed E-state index contributed by atoms with van der Waals surface area (Å²) in [5, 5.41) is 0. The highest BCUT2D eigenvalue weighted by Gasteiger charge is 2.22. The monoisotopic (exact) mass is 440 g/mol. The molecule has 0 bridgehead atoms. The van der Waals surface area contributed by atoms with Crippen LogP contribution in [0.5, 0.6) is 5.75 Å². The van der Waals surface area contributed by atoms with E-state index in [-0.39, 0.29) is 10.5 Å². The number of carbonyl (C=O) groups excluding carboxylic acids is 1. The van der Waals surface area contributed by atoms with Gasteiger partial charge < -0.3 is 14.1 Å². The van der Waals surface area contributed by atoms with E-state index < -0.39 is 15.6 Å². The van der Waals surface area contributed by atoms with Crippen molar-refractivity contribution >= 4 is 15.6 Å². The Morgan fingerprint density at radius 3 is 2.39 bits per heavy atom. The van der Waals surface area contributed by atoms with Crippen molar-refractivity contribution in [3.8, 4) is 17.2 Å². The number of Topliss-reactive ketones (excluding diaryl/α,β-unsaturated/α-hetero) is 1. The Kier molecular flexibility index (Phi) is 6.91. The number of carbonyl (C=O) groups is 1. The van der Waals surface area contributed by atoms with Gasteiger partial charge in [-0.15, -0.1) is 0 Å². The number of rotatable bonds is 9. The maximum absolute atomic E-state index is 12.6. The summed E-state index contributed by atoms with van der Waals surface area (Å²) in [7, 11) is -0.338. The lowest BCUT2D eigenvalue weighted by atomic mass is 10.1. The molecule has 3 aromatic rings. The Labute approximate surface area is 181 Å². The summed E-state index contributed by atoms with van der Waals surface area (Å²) in [6, 6.07) is 16.0. The Morgan fingerprint density at radius 1 is 1.10 bits per heavy atom. The molecule has 31 heavy (non-hydrogen) atoms. The zero-order valence-electron chi connectivity index (χ0n) is 17.6. The molecule has 162 valence electrons. The van der Waals surface area contributed by atoms with Crippen LogP contribution in [0.25, 0.3) is 11.5 Å². The van der Waals surface area contributed by atoms with Crippen LogP contribution in [0.1, 0.15) is 16.1 Å². The first-order valence-electron chi connectivity index (χ1n) is 9.60. The summed E-state index contributed by atoms with van der Waals surface area (Å²) in [5.74, 6) is 0.575. The number of hydrogen-bond acceptors (Lipinski definition) is 7. The highest BCUT2D eigenvalue weighted by atomic mass is 32.2. The van der Waals surface area contributed by atoms with Crippen molar-refractivity contribution in [2.24, 2.45) is 0 Å². The zero-order valence-corrected chi connectivity index (χ0v) is 18.4. The average Bonchev–Trinajstić information content (AvgIpc) is 3.21. The van der Waals surface area contributed by atoms with Crippen molar-refractivity contribution in [3.63, 3.8) is 0 Å². The fourth-order valence-corrected chi connectivity index (χ4v) is 3.67. The summed E-state index contributed by atoms with van der Waals surface area (Å²) < 4.78 is 35.2. The Morgan fingerprint density at radius 2 is 1.77 bits per heavy atom. The Hall–Kier alpha value is -3.39. The van der Waals surface area contributed by atoms with E-state index in [9.17, 15) is 13.2 Å². The molecule has 3 rings (SSSR count). The lowest BCUT2D eigenvalue weighted by Crippen LogP contribution is -2.16. The lowest BCUT2D eigenvalue weighted by molar-refractivity contribution is 0.104. The summed E-state index contributed by atoms with van der Waals surface area (Å²) in [6.07, 6.45) is 4.49. The van der Waals surface area contributed by atoms with Gasteiger partial charge in [0.1, 0.15) is 16.9 Å². The number of nitrogens with zero attached hydrogens (tertiary/aromatic N) is 2. The first-order valence-corrected chi connectivity index (χ1v) is 11.5. The lowest BCUT2D eigenvalue weighted by Gasteiger charge is -2.10. The first-order chi connectivity index (χ1) is 14.7. The molecule has 0 aliphatic rings. The SMILES string of the molecule is CN(C)C=C(C(=O)c1ccc(OCCc2coc(-c3ccccc3)n2)cc1)S(C)(=O)=O. The van der Waals surface area contributed by atoms with E-state index in [1.165, 1.54) is 11.1 Å². The second-order valence-electron chi connectivity index (χ2n) is 7.19. The third-order valence-electron chi connectivity index (χ3n) is 4.31. The third-order valence-corrected chi connectivity index (χ3v) is 5.40. The largest absolute Gasteiger partial charge is 0.493 e. The molecular formula is C23H24N2O5S. The van der Waals surface area contributed by atoms with Crippen LogP contribution in [0, 0.1) is 0 Å². The van der Waals surface area contributed by atoms with Gasteiger partial charge in [0.15, 0.2) is 9.84 Å². The Bertz CT molecular complexity index is 1160. The van der Waals surface area contributed by atoms with E-state index in [1.807, 2.05) is 30.3 Å². The van der Waals surface area contributed by atoms with Gasteiger partial charge in [0.2, 0.25) is 11.7 Å². The standard InChI is InChI=1S/C23H24N2O5S/c1-25(2)15-21(31(3,27)28)22(26)17-9-11-20(12-10-17)29-14-13-19-16-30-23(24-19)18-7-5-4-6-8-18/h4-12,15-16H,13-14H2,1-3H3. The number of sulfone groups is 1. The normalized spacial score (nSPS) is 11.9. The maximum atomic E-state index is 12.6. The Balaban J connectivity index is 1.60. The minimum atomic E-state index is -3.66. The summed E-state index contributed by atoms with van der Waals surface area (Å²) >= 11 is 0. The summed E-state index contributed by atoms with van der Waals surface area (Å²) in [5.41, 5.74) is 1.96. The van der Waals surface area contributed by atoms with Crippen molar-refractivity contribution in [3.05, 3.63) is 83.2 Å². The highest BCUT2D eigenvalue weighted by Crippen LogP contribution is 2.20. The molecule has 0 amide bonds. The van der Waals surface area contributed by atoms with Gasteiger partial charge in [-0.2, -0.15) is 0 Å². The minimum absolute atomic E-state index is 0.258. The molecule has 7 nitrogen and oxygen atoms in total. The second kappa shape index (κ2) is 9.61. The zero-order chi connectivity index (χ0) is 22.4. The molecule has 0 fully saturated rings. The van der Waals surface area contributed by atoms with E-state index in [4.69, 9.17) is 9.15 Å². The fraction of sp³-hybridized carbons (Fsp3) is 0.217. The average molecular weight is 441 g/mol. The molecule has 0 saturated carbocycles. The second-order valence-corrected chi connectivity index (χ2v) is 9.18. The maximum Gasteiger partial charge on any atom is 0.226 e. The van der Waals surface area contributed by atoms with Crippen molar-refractivity contribution in [1.82, 2.24) is 9.88 Å². The van der Waals surface area contributed by atoms with Crippen LogP contribution in [-0.4, -0.2) is 51.0 Å². The fourth-order valence-electron chi connectivity index (χ4n) is 2.81. The molecule has 0 aliphatic heterocycles. The van der Waals surface area contributed by atoms with E-state index in [0.717, 1.165) is 17.5 Å². The van der Waals surface area contributed by atoms with Crippen LogP contribution in [0.4, 0.5) is 0 Å². The van der Waals surface area contributed by atoms with E-state index in [1.54, 1.807) is 44.6 Å². The van der Waals surface area contributed by atoms with Gasteiger partial charge in [0, 0.05) is 44.1 Å². The van der Waals surface area contributed by atoms with Gasteiger partial charge >= 0.3 is 0 Å². The number of ether oxygens (including phenoxy) is 1. The quantitative estimate of drug-likeness (QED) is 0.371. The molecule has 8 heteroatoms. The number of ketones is 1. The van der Waals surface area contributed by atoms with Gasteiger partial charge in [0.05, 0.1) is 12.3 Å². The van der Waals surface area contributed by atoms with Gasteiger partial charge in [-0.3, -0.25) is 4.79 Å². The number of aromatic nitrogens is 1. The van der Waals surface area contributed by atoms with Crippen LogP contribution in [0.2, 0.25) is 0 Å².